The van der Waals surface area contributed by atoms with Gasteiger partial charge >= 0.3 is 12.0 Å². The molecule has 2 aromatic rings. The van der Waals surface area contributed by atoms with Gasteiger partial charge < -0.3 is 15.2 Å². The Labute approximate surface area is 156 Å². The van der Waals surface area contributed by atoms with Crippen LogP contribution < -0.4 is 10.1 Å². The molecule has 1 aliphatic rings. The van der Waals surface area contributed by atoms with E-state index in [1.54, 1.807) is 0 Å². The third kappa shape index (κ3) is 3.92. The molecule has 1 aliphatic heterocycles. The maximum Gasteiger partial charge on any atom is 0.335 e. The molecule has 0 aromatic heterocycles. The number of β-lactam (4-membered cyclic amide) rings is 1. The van der Waals surface area contributed by atoms with Gasteiger partial charge in [-0.25, -0.2) is 14.5 Å². The first-order chi connectivity index (χ1) is 13.0. The van der Waals surface area contributed by atoms with E-state index >= 15 is 0 Å². The highest BCUT2D eigenvalue weighted by atomic mass is 16.5. The number of carbonyl (C=O) groups is 3. The van der Waals surface area contributed by atoms with Gasteiger partial charge in [-0.15, -0.1) is 0 Å². The Bertz CT molecular complexity index is 835. The molecule has 0 unspecified atom stereocenters. The molecule has 7 heteroatoms. The third-order valence-corrected chi connectivity index (χ3v) is 4.46. The topological polar surface area (TPSA) is 95.9 Å². The van der Waals surface area contributed by atoms with E-state index in [1.165, 1.54) is 24.3 Å². The van der Waals surface area contributed by atoms with Crippen molar-refractivity contribution in [1.29, 1.82) is 0 Å². The molecule has 3 amide bonds. The van der Waals surface area contributed by atoms with Crippen molar-refractivity contribution in [3.05, 3.63) is 65.7 Å². The molecule has 0 saturated carbocycles. The molecule has 0 spiro atoms. The maximum absolute atomic E-state index is 12.5. The van der Waals surface area contributed by atoms with Gasteiger partial charge in [-0.3, -0.25) is 4.79 Å². The largest absolute Gasteiger partial charge is 0.478 e. The average Bonchev–Trinajstić information content (AvgIpc) is 2.67. The van der Waals surface area contributed by atoms with Crippen molar-refractivity contribution in [2.75, 3.05) is 0 Å². The highest BCUT2D eigenvalue weighted by molar-refractivity contribution is 6.01. The highest BCUT2D eigenvalue weighted by Crippen LogP contribution is 2.32. The number of rotatable bonds is 6. The average molecular weight is 368 g/mol. The first-order valence-corrected chi connectivity index (χ1v) is 8.66. The number of imide groups is 1. The predicted octanol–water partition coefficient (Wildman–Crippen LogP) is 2.87. The predicted molar refractivity (Wildman–Crippen MR) is 97.1 cm³/mol. The number of ether oxygens (including phenoxy) is 1. The van der Waals surface area contributed by atoms with Gasteiger partial charge in [-0.1, -0.05) is 37.3 Å². The summed E-state index contributed by atoms with van der Waals surface area (Å²) in [5.74, 6) is -1.33. The molecule has 140 valence electrons. The molecule has 0 bridgehead atoms. The molecular weight excluding hydrogens is 348 g/mol. The molecule has 2 atom stereocenters. The quantitative estimate of drug-likeness (QED) is 0.765. The minimum absolute atomic E-state index is 0.136. The molecule has 2 N–H and O–H groups in total. The third-order valence-electron chi connectivity index (χ3n) is 4.46. The zero-order chi connectivity index (χ0) is 19.4. The van der Waals surface area contributed by atoms with E-state index in [2.05, 4.69) is 5.32 Å². The molecular formula is C20H20N2O5. The van der Waals surface area contributed by atoms with Crippen LogP contribution in [0.5, 0.6) is 5.75 Å². The van der Waals surface area contributed by atoms with E-state index in [0.717, 1.165) is 10.5 Å². The van der Waals surface area contributed by atoms with Gasteiger partial charge in [0.2, 0.25) is 5.91 Å². The number of amides is 3. The summed E-state index contributed by atoms with van der Waals surface area (Å²) in [6.07, 6.45) is -0.173. The summed E-state index contributed by atoms with van der Waals surface area (Å²) in [6.45, 7) is 2.16. The van der Waals surface area contributed by atoms with E-state index in [-0.39, 0.29) is 11.5 Å². The van der Waals surface area contributed by atoms with E-state index in [1.807, 2.05) is 37.3 Å². The summed E-state index contributed by atoms with van der Waals surface area (Å²) < 4.78 is 5.80. The summed E-state index contributed by atoms with van der Waals surface area (Å²) >= 11 is 0. The Balaban J connectivity index is 1.67. The fourth-order valence-electron chi connectivity index (χ4n) is 2.92. The van der Waals surface area contributed by atoms with Crippen molar-refractivity contribution in [2.24, 2.45) is 5.92 Å². The van der Waals surface area contributed by atoms with E-state index in [0.29, 0.717) is 18.7 Å². The van der Waals surface area contributed by atoms with Crippen molar-refractivity contribution >= 4 is 17.9 Å². The van der Waals surface area contributed by atoms with Gasteiger partial charge in [0, 0.05) is 6.54 Å². The maximum atomic E-state index is 12.5. The monoisotopic (exact) mass is 368 g/mol. The van der Waals surface area contributed by atoms with Crippen molar-refractivity contribution in [3.63, 3.8) is 0 Å². The van der Waals surface area contributed by atoms with E-state index in [9.17, 15) is 14.4 Å². The smallest absolute Gasteiger partial charge is 0.335 e. The molecule has 0 aliphatic carbocycles. The standard InChI is InChI=1S/C20H20N2O5/c1-2-16-17(23)22(20(26)21-12-13-6-4-3-5-7-13)18(16)27-15-10-8-14(9-11-15)19(24)25/h3-11,16,18H,2,12H2,1H3,(H,21,26)(H,24,25)/t16-,18+/m0/s1. The van der Waals surface area contributed by atoms with Crippen LogP contribution in [0.3, 0.4) is 0 Å². The summed E-state index contributed by atoms with van der Waals surface area (Å²) in [4.78, 5) is 36.7. The van der Waals surface area contributed by atoms with Crippen LogP contribution in [0.2, 0.25) is 0 Å². The van der Waals surface area contributed by atoms with Crippen molar-refractivity contribution in [1.82, 2.24) is 10.2 Å². The van der Waals surface area contributed by atoms with Gasteiger partial charge in [-0.2, -0.15) is 0 Å². The summed E-state index contributed by atoms with van der Waals surface area (Å²) in [5, 5.41) is 11.7. The number of likely N-dealkylation sites (tertiary alicyclic amines) is 1. The fourth-order valence-corrected chi connectivity index (χ4v) is 2.92. The van der Waals surface area contributed by atoms with Crippen LogP contribution >= 0.6 is 0 Å². The number of carbonyl (C=O) groups excluding carboxylic acids is 2. The summed E-state index contributed by atoms with van der Waals surface area (Å²) in [5.41, 5.74) is 1.06. The number of nitrogens with zero attached hydrogens (tertiary/aromatic N) is 1. The second kappa shape index (κ2) is 7.90. The van der Waals surface area contributed by atoms with Crippen LogP contribution in [0, 0.1) is 5.92 Å². The Morgan fingerprint density at radius 2 is 1.78 bits per heavy atom. The van der Waals surface area contributed by atoms with Crippen molar-refractivity contribution in [2.45, 2.75) is 26.1 Å². The molecule has 1 saturated heterocycles. The number of carboxylic acid groups (broad SMARTS) is 1. The number of hydrogen-bond acceptors (Lipinski definition) is 4. The van der Waals surface area contributed by atoms with Crippen LogP contribution in [0.1, 0.15) is 29.3 Å². The van der Waals surface area contributed by atoms with Gasteiger partial charge in [0.15, 0.2) is 6.23 Å². The zero-order valence-electron chi connectivity index (χ0n) is 14.8. The number of hydrogen-bond donors (Lipinski definition) is 2. The number of nitrogens with one attached hydrogen (secondary N) is 1. The number of carboxylic acids is 1. The SMILES string of the molecule is CC[C@H]1C(=O)N(C(=O)NCc2ccccc2)[C@@H]1Oc1ccc(C(=O)O)cc1. The molecule has 2 aromatic carbocycles. The minimum atomic E-state index is -1.03. The fraction of sp³-hybridized carbons (Fsp3) is 0.250. The lowest BCUT2D eigenvalue weighted by Gasteiger charge is -2.44. The van der Waals surface area contributed by atoms with Gasteiger partial charge in [0.05, 0.1) is 11.5 Å². The van der Waals surface area contributed by atoms with E-state index in [4.69, 9.17) is 9.84 Å². The van der Waals surface area contributed by atoms with Gasteiger partial charge in [-0.05, 0) is 36.2 Å². The minimum Gasteiger partial charge on any atom is -0.478 e. The van der Waals surface area contributed by atoms with Crippen LogP contribution in [0.25, 0.3) is 0 Å². The molecule has 1 heterocycles. The normalized spacial score (nSPS) is 18.6. The van der Waals surface area contributed by atoms with Crippen molar-refractivity contribution in [3.8, 4) is 5.75 Å². The first kappa shape index (κ1) is 18.4. The highest BCUT2D eigenvalue weighted by Gasteiger charge is 2.51. The van der Waals surface area contributed by atoms with Gasteiger partial charge in [0.25, 0.3) is 0 Å². The van der Waals surface area contributed by atoms with Crippen molar-refractivity contribution < 1.29 is 24.2 Å². The lowest BCUT2D eigenvalue weighted by Crippen LogP contribution is -2.67. The van der Waals surface area contributed by atoms with Crippen LogP contribution in [-0.2, 0) is 11.3 Å². The molecule has 1 fully saturated rings. The number of urea groups is 1. The lowest BCUT2D eigenvalue weighted by atomic mass is 9.93. The number of benzene rings is 2. The Kier molecular flexibility index (Phi) is 5.40. The van der Waals surface area contributed by atoms with Crippen LogP contribution in [0.15, 0.2) is 54.6 Å². The Hall–Kier alpha value is -3.35. The zero-order valence-corrected chi connectivity index (χ0v) is 14.8. The second-order valence-electron chi connectivity index (χ2n) is 6.21. The molecule has 0 radical (unpaired) electrons. The second-order valence-corrected chi connectivity index (χ2v) is 6.21. The van der Waals surface area contributed by atoms with Gasteiger partial charge in [0.1, 0.15) is 5.75 Å². The Morgan fingerprint density at radius 1 is 1.11 bits per heavy atom. The lowest BCUT2D eigenvalue weighted by molar-refractivity contribution is -0.167. The van der Waals surface area contributed by atoms with E-state index < -0.39 is 24.1 Å². The van der Waals surface area contributed by atoms with Crippen LogP contribution in [0.4, 0.5) is 4.79 Å². The molecule has 3 rings (SSSR count). The van der Waals surface area contributed by atoms with Crippen LogP contribution in [-0.4, -0.2) is 34.1 Å². The first-order valence-electron chi connectivity index (χ1n) is 8.66. The molecule has 7 nitrogen and oxygen atoms in total. The number of aromatic carboxylic acids is 1. The summed E-state index contributed by atoms with van der Waals surface area (Å²) in [7, 11) is 0. The summed E-state index contributed by atoms with van der Waals surface area (Å²) in [6, 6.07) is 14.7. The Morgan fingerprint density at radius 3 is 2.37 bits per heavy atom. The molecule has 27 heavy (non-hydrogen) atoms.